The van der Waals surface area contributed by atoms with Crippen LogP contribution in [0.3, 0.4) is 0 Å². The number of nitrogens with one attached hydrogen (secondary N) is 3. The number of aromatic nitrogens is 2. The molecule has 0 spiro atoms. The van der Waals surface area contributed by atoms with Gasteiger partial charge in [-0.25, -0.2) is 0 Å². The van der Waals surface area contributed by atoms with Crippen LogP contribution in [0.1, 0.15) is 44.8 Å². The van der Waals surface area contributed by atoms with Gasteiger partial charge in [0.25, 0.3) is 11.8 Å². The number of piperidine rings is 1. The molecule has 3 aromatic rings. The third kappa shape index (κ3) is 3.50. The first-order valence-corrected chi connectivity index (χ1v) is 10.5. The highest BCUT2D eigenvalue weighted by Gasteiger charge is 2.39. The molecule has 0 aliphatic carbocycles. The van der Waals surface area contributed by atoms with Crippen molar-refractivity contribution < 1.29 is 19.2 Å². The van der Waals surface area contributed by atoms with Crippen LogP contribution >= 0.6 is 11.6 Å². The van der Waals surface area contributed by atoms with E-state index in [1.807, 2.05) is 6.07 Å². The van der Waals surface area contributed by atoms with Crippen LogP contribution in [0.5, 0.6) is 0 Å². The van der Waals surface area contributed by atoms with Crippen LogP contribution in [-0.2, 0) is 22.7 Å². The van der Waals surface area contributed by atoms with Crippen molar-refractivity contribution in [1.29, 1.82) is 0 Å². The molecule has 1 saturated heterocycles. The fourth-order valence-electron chi connectivity index (χ4n) is 4.17. The maximum absolute atomic E-state index is 12.8. The molecule has 2 aliphatic heterocycles. The van der Waals surface area contributed by atoms with Gasteiger partial charge in [0.15, 0.2) is 5.69 Å². The lowest BCUT2D eigenvalue weighted by molar-refractivity contribution is -0.136. The Balaban J connectivity index is 1.28. The zero-order valence-electron chi connectivity index (χ0n) is 16.8. The molecule has 1 fully saturated rings. The summed E-state index contributed by atoms with van der Waals surface area (Å²) in [4.78, 5) is 50.5. The molecule has 1 atom stereocenters. The molecule has 5 rings (SSSR count). The average molecular weight is 452 g/mol. The second-order valence-electron chi connectivity index (χ2n) is 7.84. The van der Waals surface area contributed by atoms with Crippen LogP contribution in [0.15, 0.2) is 36.4 Å². The zero-order chi connectivity index (χ0) is 22.4. The minimum Gasteiger partial charge on any atom is -0.347 e. The molecule has 32 heavy (non-hydrogen) atoms. The average Bonchev–Trinajstić information content (AvgIpc) is 3.32. The SMILES string of the molecule is O=C1CCC(N2Cc3cc(CNC(=O)c4n[nH]c5cc(Cl)ccc45)ccc3C2=O)C(=O)N1. The number of carbonyl (C=O) groups excluding carboxylic acids is 4. The van der Waals surface area contributed by atoms with Gasteiger partial charge in [0.2, 0.25) is 11.8 Å². The smallest absolute Gasteiger partial charge is 0.272 e. The standard InChI is InChI=1S/C22H18ClN5O4/c23-13-2-4-15-16(8-13)26-27-19(15)21(31)24-9-11-1-3-14-12(7-11)10-28(22(14)32)17-5-6-18(29)25-20(17)30/h1-4,7-8,17H,5-6,9-10H2,(H,24,31)(H,26,27)(H,25,29,30). The Morgan fingerprint density at radius 2 is 2.03 bits per heavy atom. The number of benzene rings is 2. The minimum absolute atomic E-state index is 0.210. The Kier molecular flexibility index (Phi) is 4.90. The van der Waals surface area contributed by atoms with Crippen molar-refractivity contribution >= 4 is 46.1 Å². The first-order valence-electron chi connectivity index (χ1n) is 10.1. The van der Waals surface area contributed by atoms with Crippen molar-refractivity contribution in [2.45, 2.75) is 32.0 Å². The second kappa shape index (κ2) is 7.76. The van der Waals surface area contributed by atoms with Crippen LogP contribution in [0.2, 0.25) is 5.02 Å². The van der Waals surface area contributed by atoms with Crippen LogP contribution < -0.4 is 10.6 Å². The molecule has 9 nitrogen and oxygen atoms in total. The summed E-state index contributed by atoms with van der Waals surface area (Å²) < 4.78 is 0. The fourth-order valence-corrected chi connectivity index (χ4v) is 4.34. The number of nitrogens with zero attached hydrogens (tertiary/aromatic N) is 2. The van der Waals surface area contributed by atoms with Crippen molar-refractivity contribution in [2.24, 2.45) is 0 Å². The highest BCUT2D eigenvalue weighted by molar-refractivity contribution is 6.31. The number of amides is 4. The number of fused-ring (bicyclic) bond motifs is 2. The quantitative estimate of drug-likeness (QED) is 0.523. The number of hydrogen-bond donors (Lipinski definition) is 3. The third-order valence-corrected chi connectivity index (χ3v) is 6.02. The Hall–Kier alpha value is -3.72. The number of carbonyl (C=O) groups is 4. The normalized spacial score (nSPS) is 18.1. The van der Waals surface area contributed by atoms with Gasteiger partial charge in [-0.15, -0.1) is 0 Å². The van der Waals surface area contributed by atoms with E-state index in [0.29, 0.717) is 27.9 Å². The topological polar surface area (TPSA) is 124 Å². The molecule has 2 aliphatic rings. The molecule has 1 aromatic heterocycles. The Morgan fingerprint density at radius 3 is 2.84 bits per heavy atom. The molecule has 3 heterocycles. The summed E-state index contributed by atoms with van der Waals surface area (Å²) in [6.45, 7) is 0.535. The first-order chi connectivity index (χ1) is 15.4. The van der Waals surface area contributed by atoms with Crippen LogP contribution in [-0.4, -0.2) is 44.8 Å². The zero-order valence-corrected chi connectivity index (χ0v) is 17.5. The Morgan fingerprint density at radius 1 is 1.19 bits per heavy atom. The number of rotatable bonds is 4. The highest BCUT2D eigenvalue weighted by atomic mass is 35.5. The summed E-state index contributed by atoms with van der Waals surface area (Å²) >= 11 is 5.97. The van der Waals surface area contributed by atoms with Crippen molar-refractivity contribution in [2.75, 3.05) is 0 Å². The summed E-state index contributed by atoms with van der Waals surface area (Å²) in [6.07, 6.45) is 0.526. The van der Waals surface area contributed by atoms with E-state index < -0.39 is 11.9 Å². The summed E-state index contributed by atoms with van der Waals surface area (Å²) in [5.74, 6) is -1.32. The molecule has 0 saturated carbocycles. The molecule has 3 N–H and O–H groups in total. The van der Waals surface area contributed by atoms with E-state index in [4.69, 9.17) is 11.6 Å². The van der Waals surface area contributed by atoms with Gasteiger partial charge in [0.05, 0.1) is 5.52 Å². The second-order valence-corrected chi connectivity index (χ2v) is 8.27. The van der Waals surface area contributed by atoms with E-state index in [9.17, 15) is 19.2 Å². The minimum atomic E-state index is -0.655. The Bertz CT molecular complexity index is 1300. The number of halogens is 1. The van der Waals surface area contributed by atoms with Crippen LogP contribution in [0, 0.1) is 0 Å². The molecule has 0 bridgehead atoms. The lowest BCUT2D eigenvalue weighted by Gasteiger charge is -2.29. The van der Waals surface area contributed by atoms with Gasteiger partial charge in [0.1, 0.15) is 6.04 Å². The number of H-pyrrole nitrogens is 1. The number of hydrogen-bond acceptors (Lipinski definition) is 5. The predicted octanol–water partition coefficient (Wildman–Crippen LogP) is 1.91. The van der Waals surface area contributed by atoms with E-state index in [2.05, 4.69) is 20.8 Å². The van der Waals surface area contributed by atoms with Gasteiger partial charge in [-0.2, -0.15) is 5.10 Å². The molecule has 162 valence electrons. The van der Waals surface area contributed by atoms with Crippen molar-refractivity contribution in [3.05, 3.63) is 63.8 Å². The summed E-state index contributed by atoms with van der Waals surface area (Å²) in [5, 5.41) is 13.2. The fraction of sp³-hybridized carbons (Fsp3) is 0.227. The van der Waals surface area contributed by atoms with Gasteiger partial charge in [-0.05, 0) is 41.8 Å². The van der Waals surface area contributed by atoms with E-state index in [0.717, 1.165) is 11.1 Å². The lowest BCUT2D eigenvalue weighted by atomic mass is 10.0. The van der Waals surface area contributed by atoms with Gasteiger partial charge in [-0.3, -0.25) is 29.6 Å². The number of imide groups is 1. The predicted molar refractivity (Wildman–Crippen MR) is 115 cm³/mol. The van der Waals surface area contributed by atoms with E-state index in [1.54, 1.807) is 30.3 Å². The molecule has 1 unspecified atom stereocenters. The van der Waals surface area contributed by atoms with Crippen molar-refractivity contribution in [3.63, 3.8) is 0 Å². The molecule has 0 radical (unpaired) electrons. The van der Waals surface area contributed by atoms with E-state index >= 15 is 0 Å². The van der Waals surface area contributed by atoms with Crippen LogP contribution in [0.4, 0.5) is 0 Å². The van der Waals surface area contributed by atoms with E-state index in [-0.39, 0.29) is 42.9 Å². The first kappa shape index (κ1) is 20.2. The summed E-state index contributed by atoms with van der Waals surface area (Å²) in [7, 11) is 0. The molecule has 4 amide bonds. The largest absolute Gasteiger partial charge is 0.347 e. The molecule has 2 aromatic carbocycles. The van der Waals surface area contributed by atoms with Crippen molar-refractivity contribution in [1.82, 2.24) is 25.7 Å². The number of aromatic amines is 1. The molecular formula is C22H18ClN5O4. The summed E-state index contributed by atoms with van der Waals surface area (Å²) in [6, 6.07) is 9.80. The van der Waals surface area contributed by atoms with Gasteiger partial charge in [0, 0.05) is 35.5 Å². The monoisotopic (exact) mass is 451 g/mol. The van der Waals surface area contributed by atoms with Gasteiger partial charge < -0.3 is 10.2 Å². The maximum Gasteiger partial charge on any atom is 0.272 e. The molecular weight excluding hydrogens is 434 g/mol. The summed E-state index contributed by atoms with van der Waals surface area (Å²) in [5.41, 5.74) is 3.08. The Labute approximate surface area is 187 Å². The van der Waals surface area contributed by atoms with Gasteiger partial charge in [-0.1, -0.05) is 23.7 Å². The maximum atomic E-state index is 12.8. The third-order valence-electron chi connectivity index (χ3n) is 5.78. The van der Waals surface area contributed by atoms with Crippen molar-refractivity contribution in [3.8, 4) is 0 Å². The molecule has 10 heteroatoms. The van der Waals surface area contributed by atoms with Gasteiger partial charge >= 0.3 is 0 Å². The van der Waals surface area contributed by atoms with Crippen LogP contribution in [0.25, 0.3) is 10.9 Å². The van der Waals surface area contributed by atoms with E-state index in [1.165, 1.54) is 4.90 Å². The lowest BCUT2D eigenvalue weighted by Crippen LogP contribution is -2.52. The highest BCUT2D eigenvalue weighted by Crippen LogP contribution is 2.28.